The van der Waals surface area contributed by atoms with Crippen LogP contribution >= 0.6 is 0 Å². The molecule has 0 unspecified atom stereocenters. The summed E-state index contributed by atoms with van der Waals surface area (Å²) in [5.74, 6) is 0. The molecule has 0 saturated carbocycles. The van der Waals surface area contributed by atoms with Gasteiger partial charge in [0.05, 0.1) is 0 Å². The van der Waals surface area contributed by atoms with Crippen LogP contribution < -0.4 is 0 Å². The van der Waals surface area contributed by atoms with Gasteiger partial charge in [-0.25, -0.2) is 0 Å². The van der Waals surface area contributed by atoms with Crippen molar-refractivity contribution >= 4 is 97.0 Å². The molecule has 12 rings (SSSR count). The van der Waals surface area contributed by atoms with Crippen LogP contribution in [0.4, 0.5) is 0 Å². The summed E-state index contributed by atoms with van der Waals surface area (Å²) in [5, 5.41) is 23.8. The van der Waals surface area contributed by atoms with Gasteiger partial charge in [0, 0.05) is 0 Å². The van der Waals surface area contributed by atoms with Crippen molar-refractivity contribution in [1.29, 1.82) is 0 Å². The van der Waals surface area contributed by atoms with E-state index in [4.69, 9.17) is 0 Å². The third-order valence-corrected chi connectivity index (χ3v) is 11.3. The summed E-state index contributed by atoms with van der Waals surface area (Å²) in [5.41, 5.74) is 5.15. The van der Waals surface area contributed by atoms with Gasteiger partial charge in [0.1, 0.15) is 0 Å². The molecule has 0 amide bonds. The Bertz CT molecular complexity index is 3190. The van der Waals surface area contributed by atoms with Crippen LogP contribution in [-0.2, 0) is 0 Å². The molecule has 48 heavy (non-hydrogen) atoms. The van der Waals surface area contributed by atoms with Crippen molar-refractivity contribution in [3.05, 3.63) is 158 Å². The standard InChI is InChI=1S/C48H26/c1-3-27-9-11-34-25-36(26-35-12-10-28(4-1)43(27)45(34)35)37-19-13-32-18-24-42-39(21-15-33-17-22-40(37)47(32)48(33)42)38-20-14-31-8-7-29-5-2-6-30-16-23-41(38)46(31)44(29)30/h1-26H. The Morgan fingerprint density at radius 3 is 0.979 bits per heavy atom. The lowest BCUT2D eigenvalue weighted by atomic mass is 9.84. The van der Waals surface area contributed by atoms with Gasteiger partial charge in [-0.15, -0.1) is 0 Å². The molecule has 0 radical (unpaired) electrons. The number of hydrogen-bond donors (Lipinski definition) is 0. The summed E-state index contributed by atoms with van der Waals surface area (Å²) < 4.78 is 0. The molecule has 0 nitrogen and oxygen atoms in total. The van der Waals surface area contributed by atoms with Crippen LogP contribution in [0.3, 0.4) is 0 Å². The fourth-order valence-corrected chi connectivity index (χ4v) is 9.17. The van der Waals surface area contributed by atoms with Crippen LogP contribution in [-0.4, -0.2) is 0 Å². The van der Waals surface area contributed by atoms with Crippen LogP contribution in [0.15, 0.2) is 158 Å². The molecule has 0 aliphatic heterocycles. The van der Waals surface area contributed by atoms with E-state index in [-0.39, 0.29) is 0 Å². The third kappa shape index (κ3) is 3.10. The summed E-state index contributed by atoms with van der Waals surface area (Å²) in [4.78, 5) is 0. The van der Waals surface area contributed by atoms with Gasteiger partial charge in [-0.05, 0) is 131 Å². The molecule has 0 fully saturated rings. The average Bonchev–Trinajstić information content (AvgIpc) is 3.15. The van der Waals surface area contributed by atoms with Gasteiger partial charge >= 0.3 is 0 Å². The third-order valence-electron chi connectivity index (χ3n) is 11.3. The number of hydrogen-bond acceptors (Lipinski definition) is 0. The van der Waals surface area contributed by atoms with Crippen molar-refractivity contribution in [1.82, 2.24) is 0 Å². The number of rotatable bonds is 2. The monoisotopic (exact) mass is 602 g/mol. The Morgan fingerprint density at radius 2 is 0.500 bits per heavy atom. The van der Waals surface area contributed by atoms with Crippen molar-refractivity contribution < 1.29 is 0 Å². The van der Waals surface area contributed by atoms with E-state index in [2.05, 4.69) is 158 Å². The van der Waals surface area contributed by atoms with Gasteiger partial charge in [-0.2, -0.15) is 0 Å². The number of benzene rings is 12. The van der Waals surface area contributed by atoms with E-state index < -0.39 is 0 Å². The van der Waals surface area contributed by atoms with E-state index in [1.165, 1.54) is 119 Å². The first-order valence-electron chi connectivity index (χ1n) is 16.8. The molecule has 0 aliphatic rings. The molecule has 0 saturated heterocycles. The summed E-state index contributed by atoms with van der Waals surface area (Å²) in [6.07, 6.45) is 0. The first kappa shape index (κ1) is 24.9. The van der Waals surface area contributed by atoms with Crippen LogP contribution in [0.1, 0.15) is 0 Å². The zero-order valence-electron chi connectivity index (χ0n) is 26.0. The minimum absolute atomic E-state index is 1.27. The van der Waals surface area contributed by atoms with Crippen LogP contribution in [0.5, 0.6) is 0 Å². The summed E-state index contributed by atoms with van der Waals surface area (Å²) in [7, 11) is 0. The Morgan fingerprint density at radius 1 is 0.208 bits per heavy atom. The Kier molecular flexibility index (Phi) is 4.55. The summed E-state index contributed by atoms with van der Waals surface area (Å²) in [6, 6.07) is 59.7. The molecular formula is C48H26. The second-order valence-corrected chi connectivity index (χ2v) is 13.6. The fraction of sp³-hybridized carbons (Fsp3) is 0. The van der Waals surface area contributed by atoms with E-state index in [1.807, 2.05) is 0 Å². The van der Waals surface area contributed by atoms with Crippen molar-refractivity contribution in [2.45, 2.75) is 0 Å². The molecule has 218 valence electrons. The van der Waals surface area contributed by atoms with E-state index in [1.54, 1.807) is 0 Å². The zero-order chi connectivity index (χ0) is 31.1. The van der Waals surface area contributed by atoms with Gasteiger partial charge < -0.3 is 0 Å². The lowest BCUT2D eigenvalue weighted by Crippen LogP contribution is -1.91. The predicted octanol–water partition coefficient (Wildman–Crippen LogP) is 13.7. The zero-order valence-corrected chi connectivity index (χ0v) is 26.0. The highest BCUT2D eigenvalue weighted by molar-refractivity contribution is 6.31. The van der Waals surface area contributed by atoms with Crippen molar-refractivity contribution in [3.8, 4) is 22.3 Å². The first-order valence-corrected chi connectivity index (χ1v) is 16.8. The molecule has 0 spiro atoms. The minimum Gasteiger partial charge on any atom is -0.0610 e. The van der Waals surface area contributed by atoms with Crippen LogP contribution in [0, 0.1) is 0 Å². The average molecular weight is 603 g/mol. The smallest absolute Gasteiger partial charge is 0.00203 e. The molecule has 0 heterocycles. The highest BCUT2D eigenvalue weighted by Gasteiger charge is 2.18. The van der Waals surface area contributed by atoms with Gasteiger partial charge in [-0.3, -0.25) is 0 Å². The Labute approximate surface area is 276 Å². The maximum absolute atomic E-state index is 2.40. The molecule has 0 bridgehead atoms. The minimum atomic E-state index is 1.27. The van der Waals surface area contributed by atoms with Gasteiger partial charge in [0.15, 0.2) is 0 Å². The van der Waals surface area contributed by atoms with E-state index >= 15 is 0 Å². The molecule has 0 aromatic heterocycles. The largest absolute Gasteiger partial charge is 0.0610 e. The molecule has 12 aromatic carbocycles. The molecule has 0 heteroatoms. The summed E-state index contributed by atoms with van der Waals surface area (Å²) >= 11 is 0. The van der Waals surface area contributed by atoms with Gasteiger partial charge in [0.2, 0.25) is 0 Å². The molecule has 0 aliphatic carbocycles. The molecule has 0 N–H and O–H groups in total. The maximum atomic E-state index is 2.40. The SMILES string of the molecule is c1cc2ccc3cc(-c4ccc5ccc6c(-c7ccc8ccc9cccc%10ccc7c8c9%10)ccc7ccc4c5c76)cc4ccc(c1)c2c34. The quantitative estimate of drug-likeness (QED) is 0.173. The Balaban J connectivity index is 1.14. The fourth-order valence-electron chi connectivity index (χ4n) is 9.17. The second-order valence-electron chi connectivity index (χ2n) is 13.6. The first-order chi connectivity index (χ1) is 23.8. The highest BCUT2D eigenvalue weighted by atomic mass is 14.2. The maximum Gasteiger partial charge on any atom is -0.00203 e. The normalized spacial score (nSPS) is 12.6. The van der Waals surface area contributed by atoms with Crippen molar-refractivity contribution in [2.75, 3.05) is 0 Å². The van der Waals surface area contributed by atoms with Crippen LogP contribution in [0.2, 0.25) is 0 Å². The summed E-state index contributed by atoms with van der Waals surface area (Å²) in [6.45, 7) is 0. The topological polar surface area (TPSA) is 0 Å². The Hall–Kier alpha value is -6.24. The lowest BCUT2D eigenvalue weighted by molar-refractivity contribution is 1.70. The lowest BCUT2D eigenvalue weighted by Gasteiger charge is -2.19. The van der Waals surface area contributed by atoms with Gasteiger partial charge in [0.25, 0.3) is 0 Å². The van der Waals surface area contributed by atoms with E-state index in [0.717, 1.165) is 0 Å². The van der Waals surface area contributed by atoms with Crippen molar-refractivity contribution in [2.24, 2.45) is 0 Å². The molecular weight excluding hydrogens is 577 g/mol. The van der Waals surface area contributed by atoms with E-state index in [9.17, 15) is 0 Å². The second kappa shape index (κ2) is 8.76. The van der Waals surface area contributed by atoms with Crippen molar-refractivity contribution in [3.63, 3.8) is 0 Å². The highest BCUT2D eigenvalue weighted by Crippen LogP contribution is 2.46. The molecule has 12 aromatic rings. The van der Waals surface area contributed by atoms with E-state index in [0.29, 0.717) is 0 Å². The van der Waals surface area contributed by atoms with Gasteiger partial charge in [-0.1, -0.05) is 146 Å². The molecule has 0 atom stereocenters. The predicted molar refractivity (Wildman–Crippen MR) is 208 cm³/mol. The van der Waals surface area contributed by atoms with Crippen LogP contribution in [0.25, 0.3) is 119 Å².